The van der Waals surface area contributed by atoms with E-state index in [0.29, 0.717) is 59.4 Å². The molecule has 1 fully saturated rings. The summed E-state index contributed by atoms with van der Waals surface area (Å²) >= 11 is 0. The van der Waals surface area contributed by atoms with Gasteiger partial charge in [-0.2, -0.15) is 10.2 Å². The van der Waals surface area contributed by atoms with E-state index in [9.17, 15) is 0 Å². The minimum Gasteiger partial charge on any atom is -0.452 e. The van der Waals surface area contributed by atoms with Crippen molar-refractivity contribution < 1.29 is 17.4 Å². The van der Waals surface area contributed by atoms with Crippen molar-refractivity contribution in [1.82, 2.24) is 29.4 Å². The number of hydrogen-bond acceptors (Lipinski definition) is 7. The summed E-state index contributed by atoms with van der Waals surface area (Å²) in [6.07, 6.45) is 5.19. The highest BCUT2D eigenvalue weighted by molar-refractivity contribution is 5.91. The first-order chi connectivity index (χ1) is 20.5. The van der Waals surface area contributed by atoms with Crippen LogP contribution in [0.3, 0.4) is 0 Å². The van der Waals surface area contributed by atoms with E-state index < -0.39 is 14.0 Å². The Balaban J connectivity index is 1.32. The number of likely N-dealkylation sites (N-methyl/N-ethyl adjacent to an activating group) is 1. The molecule has 0 N–H and O–H groups in total. The van der Waals surface area contributed by atoms with Gasteiger partial charge in [0.15, 0.2) is 11.4 Å². The van der Waals surface area contributed by atoms with Crippen LogP contribution in [0.2, 0.25) is 0 Å². The van der Waals surface area contributed by atoms with Crippen molar-refractivity contribution in [3.05, 3.63) is 66.6 Å². The second-order valence-electron chi connectivity index (χ2n) is 9.08. The molecular formula is C28H31N7O2. The van der Waals surface area contributed by atoms with Crippen LogP contribution in [0.25, 0.3) is 39.5 Å². The van der Waals surface area contributed by atoms with Crippen molar-refractivity contribution in [1.29, 1.82) is 0 Å². The molecule has 9 nitrogen and oxygen atoms in total. The number of fused-ring (bicyclic) bond motifs is 1. The lowest BCUT2D eigenvalue weighted by Gasteiger charge is -2.28. The molecule has 5 heterocycles. The summed E-state index contributed by atoms with van der Waals surface area (Å²) in [6, 6.07) is 14.0. The third kappa shape index (κ3) is 4.87. The molecule has 9 heteroatoms. The average Bonchev–Trinajstić information content (AvgIpc) is 3.71. The number of furan rings is 1. The van der Waals surface area contributed by atoms with Gasteiger partial charge in [0.25, 0.3) is 0 Å². The van der Waals surface area contributed by atoms with E-state index >= 15 is 0 Å². The van der Waals surface area contributed by atoms with Gasteiger partial charge in [-0.05, 0) is 33.0 Å². The number of aryl methyl sites for hydroxylation is 1. The summed E-state index contributed by atoms with van der Waals surface area (Å²) in [7, 11) is 0. The molecule has 4 aromatic heterocycles. The highest BCUT2D eigenvalue weighted by Crippen LogP contribution is 2.35. The van der Waals surface area contributed by atoms with Crippen LogP contribution in [0.15, 0.2) is 65.5 Å². The maximum atomic E-state index is 7.58. The normalized spacial score (nSPS) is 17.3. The van der Waals surface area contributed by atoms with Crippen LogP contribution in [0.4, 0.5) is 5.69 Å². The number of aromatic nitrogens is 5. The van der Waals surface area contributed by atoms with Crippen LogP contribution in [0, 0.1) is 6.92 Å². The minimum atomic E-state index is -2.76. The van der Waals surface area contributed by atoms with E-state index in [2.05, 4.69) is 16.1 Å². The number of rotatable bonds is 7. The smallest absolute Gasteiger partial charge is 0.176 e. The lowest BCUT2D eigenvalue weighted by atomic mass is 10.1. The van der Waals surface area contributed by atoms with E-state index in [1.54, 1.807) is 17.1 Å². The summed E-state index contributed by atoms with van der Waals surface area (Å²) in [6.45, 7) is -1.02. The SMILES string of the molecule is [2H]C([2H])([2H])N(CCn1cc(-c2cc3nc(-n4ccc(-c5cccc(C)c5)n4)cc(N4CCOCC4)c3o2)cn1)C([2H])([2H])[2H]. The number of benzene rings is 1. The second kappa shape index (κ2) is 9.84. The lowest BCUT2D eigenvalue weighted by molar-refractivity contribution is 0.122. The van der Waals surface area contributed by atoms with Crippen molar-refractivity contribution in [2.75, 3.05) is 51.7 Å². The predicted molar refractivity (Wildman–Crippen MR) is 144 cm³/mol. The Morgan fingerprint density at radius 3 is 2.81 bits per heavy atom. The Labute approximate surface area is 224 Å². The first-order valence-electron chi connectivity index (χ1n) is 15.2. The number of nitrogens with zero attached hydrogens (tertiary/aromatic N) is 7. The van der Waals surface area contributed by atoms with Gasteiger partial charge >= 0.3 is 0 Å². The first-order valence-corrected chi connectivity index (χ1v) is 12.2. The Morgan fingerprint density at radius 2 is 1.97 bits per heavy atom. The summed E-state index contributed by atoms with van der Waals surface area (Å²) < 4.78 is 60.7. The lowest BCUT2D eigenvalue weighted by Crippen LogP contribution is -2.36. The highest BCUT2D eigenvalue weighted by atomic mass is 16.5. The highest BCUT2D eigenvalue weighted by Gasteiger charge is 2.21. The van der Waals surface area contributed by atoms with Crippen LogP contribution in [0.1, 0.15) is 13.8 Å². The number of anilines is 1. The van der Waals surface area contributed by atoms with Gasteiger partial charge in [-0.3, -0.25) is 4.68 Å². The van der Waals surface area contributed by atoms with Gasteiger partial charge in [-0.15, -0.1) is 0 Å². The van der Waals surface area contributed by atoms with Gasteiger partial charge in [0.1, 0.15) is 11.3 Å². The summed E-state index contributed by atoms with van der Waals surface area (Å²) in [5, 5.41) is 9.12. The predicted octanol–water partition coefficient (Wildman–Crippen LogP) is 4.25. The summed E-state index contributed by atoms with van der Waals surface area (Å²) in [5.41, 5.74) is 5.82. The van der Waals surface area contributed by atoms with Crippen molar-refractivity contribution in [2.45, 2.75) is 13.5 Å². The van der Waals surface area contributed by atoms with Crippen molar-refractivity contribution in [3.8, 4) is 28.4 Å². The van der Waals surface area contributed by atoms with Crippen molar-refractivity contribution in [2.24, 2.45) is 0 Å². The third-order valence-electron chi connectivity index (χ3n) is 6.41. The number of pyridine rings is 1. The van der Waals surface area contributed by atoms with E-state index in [0.717, 1.165) is 22.5 Å². The van der Waals surface area contributed by atoms with E-state index in [4.69, 9.17) is 27.5 Å². The second-order valence-corrected chi connectivity index (χ2v) is 9.08. The molecule has 0 amide bonds. The van der Waals surface area contributed by atoms with Gasteiger partial charge in [0, 0.05) is 57.9 Å². The minimum absolute atomic E-state index is 0.0704. The fraction of sp³-hybridized carbons (Fsp3) is 0.321. The molecule has 37 heavy (non-hydrogen) atoms. The van der Waals surface area contributed by atoms with E-state index in [1.807, 2.05) is 49.5 Å². The number of hydrogen-bond donors (Lipinski definition) is 0. The molecule has 0 radical (unpaired) electrons. The zero-order valence-electron chi connectivity index (χ0n) is 26.5. The largest absolute Gasteiger partial charge is 0.452 e. The third-order valence-corrected chi connectivity index (χ3v) is 6.41. The fourth-order valence-electron chi connectivity index (χ4n) is 4.52. The summed E-state index contributed by atoms with van der Waals surface area (Å²) in [5.74, 6) is 1.18. The molecule has 5 aromatic rings. The Hall–Kier alpha value is -3.95. The van der Waals surface area contributed by atoms with Crippen LogP contribution < -0.4 is 4.90 Å². The molecule has 6 rings (SSSR count). The van der Waals surface area contributed by atoms with Gasteiger partial charge < -0.3 is 19.0 Å². The molecule has 0 saturated carbocycles. The van der Waals surface area contributed by atoms with Crippen molar-refractivity contribution >= 4 is 16.8 Å². The van der Waals surface area contributed by atoms with Gasteiger partial charge in [-0.25, -0.2) is 9.67 Å². The Kier molecular flexibility index (Phi) is 4.65. The van der Waals surface area contributed by atoms with Crippen LogP contribution >= 0.6 is 0 Å². The standard InChI is InChI=1S/C28H31N7O2/c1-20-5-4-6-21(15-20)23-7-8-35(31-23)27-17-25(33-11-13-36-14-12-33)28-24(30-27)16-26(37-28)22-18-29-34(19-22)10-9-32(2)3/h4-8,15-19H,9-14H2,1-3H3/i2D3,3D3. The quantitative estimate of drug-likeness (QED) is 0.329. The average molecular weight is 504 g/mol. The van der Waals surface area contributed by atoms with Crippen molar-refractivity contribution in [3.63, 3.8) is 0 Å². The van der Waals surface area contributed by atoms with Crippen LogP contribution in [-0.2, 0) is 11.3 Å². The number of morpholine rings is 1. The molecule has 1 saturated heterocycles. The summed E-state index contributed by atoms with van der Waals surface area (Å²) in [4.78, 5) is 7.60. The van der Waals surface area contributed by atoms with Gasteiger partial charge in [0.2, 0.25) is 0 Å². The van der Waals surface area contributed by atoms with Gasteiger partial charge in [0.05, 0.1) is 42.9 Å². The fourth-order valence-corrected chi connectivity index (χ4v) is 4.52. The van der Waals surface area contributed by atoms with Gasteiger partial charge in [-0.1, -0.05) is 23.8 Å². The van der Waals surface area contributed by atoms with Crippen LogP contribution in [0.5, 0.6) is 0 Å². The topological polar surface area (TPSA) is 77.4 Å². The number of ether oxygens (including phenoxy) is 1. The maximum Gasteiger partial charge on any atom is 0.176 e. The zero-order chi connectivity index (χ0) is 30.4. The molecule has 0 aliphatic carbocycles. The monoisotopic (exact) mass is 503 g/mol. The molecule has 0 atom stereocenters. The molecule has 0 unspecified atom stereocenters. The Morgan fingerprint density at radius 1 is 1.08 bits per heavy atom. The molecule has 1 aliphatic heterocycles. The first kappa shape index (κ1) is 17.5. The zero-order valence-corrected chi connectivity index (χ0v) is 20.5. The van der Waals surface area contributed by atoms with E-state index in [1.165, 1.54) is 4.68 Å². The molecule has 190 valence electrons. The van der Waals surface area contributed by atoms with Crippen LogP contribution in [-0.4, -0.2) is 76.2 Å². The maximum absolute atomic E-state index is 7.58. The molecule has 1 aliphatic rings. The molecular weight excluding hydrogens is 466 g/mol. The van der Waals surface area contributed by atoms with E-state index in [-0.39, 0.29) is 13.1 Å². The molecule has 1 aromatic carbocycles. The molecule has 0 spiro atoms. The molecule has 0 bridgehead atoms. The Bertz CT molecular complexity index is 1720.